The number of likely N-dealkylation sites (N-methyl/N-ethyl adjacent to an activating group) is 1. The van der Waals surface area contributed by atoms with Gasteiger partial charge in [0.05, 0.1) is 11.4 Å². The minimum absolute atomic E-state index is 0.151. The monoisotopic (exact) mass is 361 g/mol. The quantitative estimate of drug-likeness (QED) is 0.819. The van der Waals surface area contributed by atoms with Crippen molar-refractivity contribution in [1.82, 2.24) is 9.21 Å². The standard InChI is InChI=1S/C18H23N3O3S/c1-20(2)25(23,24)17-11-9-16(10-12-17)19-18(22)14-21(3)13-15-7-5-4-6-8-15/h4-12H,13-14H2,1-3H3,(H,19,22). The summed E-state index contributed by atoms with van der Waals surface area (Å²) in [7, 11) is 1.37. The second-order valence-corrected chi connectivity index (χ2v) is 8.17. The van der Waals surface area contributed by atoms with Crippen molar-refractivity contribution in [3.63, 3.8) is 0 Å². The normalized spacial score (nSPS) is 11.7. The summed E-state index contributed by atoms with van der Waals surface area (Å²) < 4.78 is 25.2. The fourth-order valence-electron chi connectivity index (χ4n) is 2.32. The van der Waals surface area contributed by atoms with E-state index in [4.69, 9.17) is 0 Å². The van der Waals surface area contributed by atoms with Crippen LogP contribution in [0.3, 0.4) is 0 Å². The van der Waals surface area contributed by atoms with Crippen LogP contribution < -0.4 is 5.32 Å². The van der Waals surface area contributed by atoms with Crippen molar-refractivity contribution in [3.05, 3.63) is 60.2 Å². The molecule has 0 heterocycles. The molecule has 0 aliphatic rings. The average molecular weight is 361 g/mol. The van der Waals surface area contributed by atoms with Crippen molar-refractivity contribution in [2.45, 2.75) is 11.4 Å². The predicted octanol–water partition coefficient (Wildman–Crippen LogP) is 2.01. The molecule has 0 aromatic heterocycles. The van der Waals surface area contributed by atoms with Gasteiger partial charge in [-0.1, -0.05) is 30.3 Å². The second-order valence-electron chi connectivity index (χ2n) is 6.02. The van der Waals surface area contributed by atoms with Gasteiger partial charge >= 0.3 is 0 Å². The number of benzene rings is 2. The number of nitrogens with zero attached hydrogens (tertiary/aromatic N) is 2. The highest BCUT2D eigenvalue weighted by molar-refractivity contribution is 7.89. The molecule has 2 aromatic rings. The molecule has 7 heteroatoms. The van der Waals surface area contributed by atoms with Crippen LogP contribution in [0.1, 0.15) is 5.56 Å². The molecule has 0 spiro atoms. The number of anilines is 1. The molecule has 25 heavy (non-hydrogen) atoms. The molecule has 0 saturated carbocycles. The lowest BCUT2D eigenvalue weighted by molar-refractivity contribution is -0.117. The van der Waals surface area contributed by atoms with E-state index in [0.717, 1.165) is 9.87 Å². The van der Waals surface area contributed by atoms with Gasteiger partial charge in [-0.3, -0.25) is 9.69 Å². The molecule has 134 valence electrons. The zero-order valence-corrected chi connectivity index (χ0v) is 15.5. The van der Waals surface area contributed by atoms with E-state index in [1.165, 1.54) is 26.2 Å². The topological polar surface area (TPSA) is 69.7 Å². The van der Waals surface area contributed by atoms with Crippen molar-refractivity contribution < 1.29 is 13.2 Å². The fourth-order valence-corrected chi connectivity index (χ4v) is 3.22. The molecule has 2 rings (SSSR count). The molecule has 2 aromatic carbocycles. The van der Waals surface area contributed by atoms with E-state index in [1.54, 1.807) is 12.1 Å². The number of amides is 1. The minimum atomic E-state index is -3.46. The number of carbonyl (C=O) groups excluding carboxylic acids is 1. The van der Waals surface area contributed by atoms with Crippen molar-refractivity contribution in [3.8, 4) is 0 Å². The van der Waals surface area contributed by atoms with Crippen LogP contribution >= 0.6 is 0 Å². The van der Waals surface area contributed by atoms with Crippen molar-refractivity contribution in [2.75, 3.05) is 33.0 Å². The lowest BCUT2D eigenvalue weighted by atomic mass is 10.2. The molecule has 0 saturated heterocycles. The number of hydrogen-bond donors (Lipinski definition) is 1. The van der Waals surface area contributed by atoms with Crippen LogP contribution in [0.15, 0.2) is 59.5 Å². The molecule has 0 aliphatic heterocycles. The molecular formula is C18H23N3O3S. The number of rotatable bonds is 7. The first-order valence-electron chi connectivity index (χ1n) is 7.84. The molecule has 0 aliphatic carbocycles. The van der Waals surface area contributed by atoms with Crippen LogP contribution in [0.2, 0.25) is 0 Å². The van der Waals surface area contributed by atoms with Gasteiger partial charge in [-0.2, -0.15) is 0 Å². The lowest BCUT2D eigenvalue weighted by Gasteiger charge is -2.16. The Morgan fingerprint density at radius 3 is 2.12 bits per heavy atom. The van der Waals surface area contributed by atoms with Crippen LogP contribution in [0.5, 0.6) is 0 Å². The highest BCUT2D eigenvalue weighted by Gasteiger charge is 2.16. The third-order valence-corrected chi connectivity index (χ3v) is 5.45. The van der Waals surface area contributed by atoms with E-state index < -0.39 is 10.0 Å². The Balaban J connectivity index is 1.92. The van der Waals surface area contributed by atoms with Gasteiger partial charge in [0.1, 0.15) is 0 Å². The van der Waals surface area contributed by atoms with Gasteiger partial charge in [-0.15, -0.1) is 0 Å². The zero-order chi connectivity index (χ0) is 18.4. The summed E-state index contributed by atoms with van der Waals surface area (Å²) in [5.41, 5.74) is 1.70. The molecule has 0 radical (unpaired) electrons. The SMILES string of the molecule is CN(CC(=O)Nc1ccc(S(=O)(=O)N(C)C)cc1)Cc1ccccc1. The molecule has 0 atom stereocenters. The van der Waals surface area contributed by atoms with Crippen molar-refractivity contribution in [2.24, 2.45) is 0 Å². The summed E-state index contributed by atoms with van der Waals surface area (Å²) >= 11 is 0. The van der Waals surface area contributed by atoms with E-state index in [1.807, 2.05) is 42.3 Å². The van der Waals surface area contributed by atoms with Crippen molar-refractivity contribution in [1.29, 1.82) is 0 Å². The van der Waals surface area contributed by atoms with Gasteiger partial charge in [0, 0.05) is 26.3 Å². The molecule has 0 unspecified atom stereocenters. The fraction of sp³-hybridized carbons (Fsp3) is 0.278. The van der Waals surface area contributed by atoms with E-state index in [0.29, 0.717) is 12.2 Å². The maximum absolute atomic E-state index is 12.1. The maximum atomic E-state index is 12.1. The van der Waals surface area contributed by atoms with Crippen LogP contribution in [0, 0.1) is 0 Å². The number of carbonyl (C=O) groups is 1. The Hall–Kier alpha value is -2.22. The third-order valence-electron chi connectivity index (χ3n) is 3.63. The van der Waals surface area contributed by atoms with Crippen LogP contribution in [0.25, 0.3) is 0 Å². The van der Waals surface area contributed by atoms with Crippen LogP contribution in [-0.2, 0) is 21.4 Å². The first-order chi connectivity index (χ1) is 11.8. The summed E-state index contributed by atoms with van der Waals surface area (Å²) in [5.74, 6) is -0.151. The highest BCUT2D eigenvalue weighted by Crippen LogP contribution is 2.16. The minimum Gasteiger partial charge on any atom is -0.325 e. The average Bonchev–Trinajstić information content (AvgIpc) is 2.55. The second kappa shape index (κ2) is 8.24. The van der Waals surface area contributed by atoms with Crippen LogP contribution in [-0.4, -0.2) is 51.2 Å². The first kappa shape index (κ1) is 19.1. The van der Waals surface area contributed by atoms with Gasteiger partial charge in [0.2, 0.25) is 15.9 Å². The Morgan fingerprint density at radius 1 is 0.960 bits per heavy atom. The number of sulfonamides is 1. The number of hydrogen-bond acceptors (Lipinski definition) is 4. The summed E-state index contributed by atoms with van der Waals surface area (Å²) in [6, 6.07) is 16.1. The maximum Gasteiger partial charge on any atom is 0.242 e. The summed E-state index contributed by atoms with van der Waals surface area (Å²) in [4.78, 5) is 14.2. The van der Waals surface area contributed by atoms with E-state index >= 15 is 0 Å². The smallest absolute Gasteiger partial charge is 0.242 e. The van der Waals surface area contributed by atoms with E-state index in [-0.39, 0.29) is 17.3 Å². The van der Waals surface area contributed by atoms with Gasteiger partial charge in [0.25, 0.3) is 0 Å². The third kappa shape index (κ3) is 5.38. The summed E-state index contributed by atoms with van der Waals surface area (Å²) in [6.07, 6.45) is 0. The predicted molar refractivity (Wildman–Crippen MR) is 98.7 cm³/mol. The Labute approximate surface area is 149 Å². The van der Waals surface area contributed by atoms with Gasteiger partial charge in [-0.05, 0) is 36.9 Å². The summed E-state index contributed by atoms with van der Waals surface area (Å²) in [5, 5.41) is 2.78. The lowest BCUT2D eigenvalue weighted by Crippen LogP contribution is -2.29. The Morgan fingerprint density at radius 2 is 1.56 bits per heavy atom. The molecule has 1 amide bonds. The van der Waals surface area contributed by atoms with E-state index in [2.05, 4.69) is 5.32 Å². The van der Waals surface area contributed by atoms with Crippen molar-refractivity contribution >= 4 is 21.6 Å². The Bertz CT molecular complexity index is 803. The highest BCUT2D eigenvalue weighted by atomic mass is 32.2. The molecule has 0 fully saturated rings. The van der Waals surface area contributed by atoms with Gasteiger partial charge in [0.15, 0.2) is 0 Å². The first-order valence-corrected chi connectivity index (χ1v) is 9.28. The molecule has 0 bridgehead atoms. The van der Waals surface area contributed by atoms with E-state index in [9.17, 15) is 13.2 Å². The summed E-state index contributed by atoms with van der Waals surface area (Å²) in [6.45, 7) is 0.918. The van der Waals surface area contributed by atoms with Crippen LogP contribution in [0.4, 0.5) is 5.69 Å². The van der Waals surface area contributed by atoms with Gasteiger partial charge in [-0.25, -0.2) is 12.7 Å². The largest absolute Gasteiger partial charge is 0.325 e. The number of nitrogens with one attached hydrogen (secondary N) is 1. The molecule has 1 N–H and O–H groups in total. The zero-order valence-electron chi connectivity index (χ0n) is 14.6. The molecule has 6 nitrogen and oxygen atoms in total. The van der Waals surface area contributed by atoms with Gasteiger partial charge < -0.3 is 5.32 Å². The Kier molecular flexibility index (Phi) is 6.30. The molecular weight excluding hydrogens is 338 g/mol.